The Hall–Kier alpha value is -0.940. The number of anilines is 1. The van der Waals surface area contributed by atoms with Gasteiger partial charge in [0, 0.05) is 27.3 Å². The number of nitrogens with one attached hydrogen (secondary N) is 1. The third-order valence-electron chi connectivity index (χ3n) is 2.11. The maximum Gasteiger partial charge on any atom is 0.148 e. The second kappa shape index (κ2) is 5.41. The van der Waals surface area contributed by atoms with Crippen LogP contribution in [0.25, 0.3) is 11.3 Å². The molecule has 0 spiro atoms. The molecule has 84 valence electrons. The first-order chi connectivity index (χ1) is 7.81. The zero-order valence-corrected chi connectivity index (χ0v) is 11.3. The lowest BCUT2D eigenvalue weighted by atomic mass is 10.2. The molecule has 0 unspecified atom stereocenters. The van der Waals surface area contributed by atoms with E-state index in [0.717, 1.165) is 34.5 Å². The minimum Gasteiger partial charge on any atom is -0.369 e. The van der Waals surface area contributed by atoms with Gasteiger partial charge in [-0.25, -0.2) is 0 Å². The van der Waals surface area contributed by atoms with Crippen molar-refractivity contribution in [2.45, 2.75) is 13.3 Å². The highest BCUT2D eigenvalue weighted by atomic mass is 79.9. The number of hydrogen-bond donors (Lipinski definition) is 1. The summed E-state index contributed by atoms with van der Waals surface area (Å²) in [4.78, 5) is 0. The van der Waals surface area contributed by atoms with Crippen molar-refractivity contribution in [3.05, 3.63) is 27.4 Å². The molecule has 2 aromatic rings. The lowest BCUT2D eigenvalue weighted by Crippen LogP contribution is -2.02. The fourth-order valence-electron chi connectivity index (χ4n) is 1.29. The molecule has 2 rings (SSSR count). The fraction of sp³-hybridized carbons (Fsp3) is 0.273. The van der Waals surface area contributed by atoms with E-state index in [-0.39, 0.29) is 0 Å². The van der Waals surface area contributed by atoms with Crippen LogP contribution in [0.1, 0.15) is 13.3 Å². The van der Waals surface area contributed by atoms with Crippen molar-refractivity contribution in [2.75, 3.05) is 11.9 Å². The Labute approximate surface area is 107 Å². The van der Waals surface area contributed by atoms with Crippen LogP contribution in [0.15, 0.2) is 27.4 Å². The molecular weight excluding hydrogens is 286 g/mol. The summed E-state index contributed by atoms with van der Waals surface area (Å²) in [7, 11) is 0. The molecule has 0 aliphatic heterocycles. The topological polar surface area (TPSA) is 37.8 Å². The van der Waals surface area contributed by atoms with E-state index in [2.05, 4.69) is 43.7 Å². The Bertz CT molecular complexity index is 453. The van der Waals surface area contributed by atoms with Gasteiger partial charge in [0.2, 0.25) is 0 Å². The number of rotatable bonds is 4. The third kappa shape index (κ3) is 2.59. The van der Waals surface area contributed by atoms with Crippen LogP contribution in [0.5, 0.6) is 0 Å². The zero-order chi connectivity index (χ0) is 11.4. The summed E-state index contributed by atoms with van der Waals surface area (Å²) < 4.78 is 1.07. The molecule has 1 N–H and O–H groups in total. The molecule has 0 amide bonds. The van der Waals surface area contributed by atoms with Crippen LogP contribution >= 0.6 is 27.3 Å². The molecule has 0 atom stereocenters. The Morgan fingerprint density at radius 2 is 2.19 bits per heavy atom. The van der Waals surface area contributed by atoms with Gasteiger partial charge in [0.15, 0.2) is 0 Å². The first kappa shape index (κ1) is 11.5. The average molecular weight is 298 g/mol. The molecule has 0 fully saturated rings. The van der Waals surface area contributed by atoms with Gasteiger partial charge < -0.3 is 5.32 Å². The van der Waals surface area contributed by atoms with Gasteiger partial charge in [0.05, 0.1) is 5.69 Å². The van der Waals surface area contributed by atoms with Crippen molar-refractivity contribution >= 4 is 33.1 Å². The monoisotopic (exact) mass is 297 g/mol. The molecule has 2 aromatic heterocycles. The van der Waals surface area contributed by atoms with Crippen molar-refractivity contribution < 1.29 is 0 Å². The molecule has 0 saturated heterocycles. The van der Waals surface area contributed by atoms with Gasteiger partial charge in [-0.05, 0) is 34.5 Å². The maximum absolute atomic E-state index is 4.20. The lowest BCUT2D eigenvalue weighted by Gasteiger charge is -2.03. The molecular formula is C11H12BrN3S. The van der Waals surface area contributed by atoms with Crippen LogP contribution in [0.3, 0.4) is 0 Å². The molecule has 0 aliphatic carbocycles. The van der Waals surface area contributed by atoms with E-state index in [0.29, 0.717) is 0 Å². The Kier molecular flexibility index (Phi) is 3.90. The largest absolute Gasteiger partial charge is 0.369 e. The standard InChI is InChI=1S/C11H12BrN3S/c1-2-5-13-11-4-3-10(14-15-11)8-6-16-7-9(8)12/h3-4,6-7H,2,5H2,1H3,(H,13,15). The van der Waals surface area contributed by atoms with Crippen molar-refractivity contribution in [1.29, 1.82) is 0 Å². The molecule has 0 aliphatic rings. The van der Waals surface area contributed by atoms with Crippen LogP contribution in [0.2, 0.25) is 0 Å². The van der Waals surface area contributed by atoms with Crippen molar-refractivity contribution in [2.24, 2.45) is 0 Å². The van der Waals surface area contributed by atoms with Gasteiger partial charge >= 0.3 is 0 Å². The van der Waals surface area contributed by atoms with Gasteiger partial charge in [-0.2, -0.15) is 11.3 Å². The molecule has 3 nitrogen and oxygen atoms in total. The van der Waals surface area contributed by atoms with E-state index in [9.17, 15) is 0 Å². The van der Waals surface area contributed by atoms with Crippen molar-refractivity contribution in [1.82, 2.24) is 10.2 Å². The van der Waals surface area contributed by atoms with Crippen LogP contribution in [-0.2, 0) is 0 Å². The van der Waals surface area contributed by atoms with Gasteiger partial charge in [0.25, 0.3) is 0 Å². The number of aromatic nitrogens is 2. The molecule has 2 heterocycles. The van der Waals surface area contributed by atoms with Gasteiger partial charge in [-0.1, -0.05) is 6.92 Å². The second-order valence-corrected chi connectivity index (χ2v) is 4.96. The predicted molar refractivity (Wildman–Crippen MR) is 71.8 cm³/mol. The van der Waals surface area contributed by atoms with Gasteiger partial charge in [-0.15, -0.1) is 10.2 Å². The average Bonchev–Trinajstić information content (AvgIpc) is 2.74. The quantitative estimate of drug-likeness (QED) is 0.933. The highest BCUT2D eigenvalue weighted by Crippen LogP contribution is 2.30. The van der Waals surface area contributed by atoms with E-state index < -0.39 is 0 Å². The van der Waals surface area contributed by atoms with E-state index in [1.165, 1.54) is 0 Å². The summed E-state index contributed by atoms with van der Waals surface area (Å²) in [6.07, 6.45) is 1.08. The van der Waals surface area contributed by atoms with Crippen LogP contribution in [0.4, 0.5) is 5.82 Å². The van der Waals surface area contributed by atoms with Crippen LogP contribution in [-0.4, -0.2) is 16.7 Å². The van der Waals surface area contributed by atoms with E-state index in [1.807, 2.05) is 17.5 Å². The molecule has 5 heteroatoms. The molecule has 0 bridgehead atoms. The SMILES string of the molecule is CCCNc1ccc(-c2cscc2Br)nn1. The van der Waals surface area contributed by atoms with E-state index >= 15 is 0 Å². The summed E-state index contributed by atoms with van der Waals surface area (Å²) in [5, 5.41) is 15.6. The number of nitrogens with zero attached hydrogens (tertiary/aromatic N) is 2. The van der Waals surface area contributed by atoms with Crippen LogP contribution in [0, 0.1) is 0 Å². The van der Waals surface area contributed by atoms with Crippen molar-refractivity contribution in [3.8, 4) is 11.3 Å². The fourth-order valence-corrected chi connectivity index (χ4v) is 2.78. The van der Waals surface area contributed by atoms with E-state index in [4.69, 9.17) is 0 Å². The third-order valence-corrected chi connectivity index (χ3v) is 3.81. The van der Waals surface area contributed by atoms with Gasteiger partial charge in [0.1, 0.15) is 5.82 Å². The lowest BCUT2D eigenvalue weighted by molar-refractivity contribution is 0.946. The number of thiophene rings is 1. The summed E-state index contributed by atoms with van der Waals surface area (Å²) >= 11 is 5.14. The summed E-state index contributed by atoms with van der Waals surface area (Å²) in [5.74, 6) is 0.831. The smallest absolute Gasteiger partial charge is 0.148 e. The van der Waals surface area contributed by atoms with Crippen molar-refractivity contribution in [3.63, 3.8) is 0 Å². The summed E-state index contributed by atoms with van der Waals surface area (Å²) in [6.45, 7) is 3.05. The normalized spacial score (nSPS) is 10.4. The molecule has 0 aromatic carbocycles. The zero-order valence-electron chi connectivity index (χ0n) is 8.90. The summed E-state index contributed by atoms with van der Waals surface area (Å²) in [5.41, 5.74) is 2.00. The number of halogens is 1. The minimum absolute atomic E-state index is 0.831. The molecule has 16 heavy (non-hydrogen) atoms. The second-order valence-electron chi connectivity index (χ2n) is 3.36. The Morgan fingerprint density at radius 1 is 1.31 bits per heavy atom. The molecule has 0 saturated carbocycles. The highest BCUT2D eigenvalue weighted by molar-refractivity contribution is 9.10. The maximum atomic E-state index is 4.20. The highest BCUT2D eigenvalue weighted by Gasteiger charge is 2.05. The predicted octanol–water partition coefficient (Wildman–Crippen LogP) is 3.79. The summed E-state index contributed by atoms with van der Waals surface area (Å²) in [6, 6.07) is 3.94. The van der Waals surface area contributed by atoms with Gasteiger partial charge in [-0.3, -0.25) is 0 Å². The molecule has 0 radical (unpaired) electrons. The number of hydrogen-bond acceptors (Lipinski definition) is 4. The van der Waals surface area contributed by atoms with Crippen LogP contribution < -0.4 is 5.32 Å². The minimum atomic E-state index is 0.831. The first-order valence-electron chi connectivity index (χ1n) is 5.11. The Balaban J connectivity index is 2.16. The Morgan fingerprint density at radius 3 is 2.75 bits per heavy atom. The van der Waals surface area contributed by atoms with E-state index in [1.54, 1.807) is 11.3 Å². The first-order valence-corrected chi connectivity index (χ1v) is 6.84.